The number of ether oxygens (including phenoxy) is 2. The van der Waals surface area contributed by atoms with Crippen molar-refractivity contribution in [2.45, 2.75) is 27.2 Å². The van der Waals surface area contributed by atoms with Crippen LogP contribution in [0.25, 0.3) is 0 Å². The number of carbonyl (C=O) groups is 1. The topological polar surface area (TPSA) is 73.6 Å². The molecule has 0 aliphatic heterocycles. The lowest BCUT2D eigenvalue weighted by atomic mass is 9.90. The smallest absolute Gasteiger partial charge is 0.360 e. The molecule has 0 aromatic carbocycles. The molecule has 1 aromatic heterocycles. The molecule has 0 saturated carbocycles. The van der Waals surface area contributed by atoms with Crippen LogP contribution in [0, 0.1) is 5.41 Å². The molecule has 0 aliphatic carbocycles. The van der Waals surface area contributed by atoms with Gasteiger partial charge < -0.3 is 19.2 Å². The SMILES string of the molecule is CCOC(=O)c1coc(NCC(C)(C)CCOC)n1. The zero-order valence-electron chi connectivity index (χ0n) is 12.0. The first-order valence-corrected chi connectivity index (χ1v) is 6.34. The lowest BCUT2D eigenvalue weighted by molar-refractivity contribution is 0.0519. The molecule has 108 valence electrons. The van der Waals surface area contributed by atoms with Gasteiger partial charge in [-0.15, -0.1) is 0 Å². The highest BCUT2D eigenvalue weighted by Gasteiger charge is 2.19. The van der Waals surface area contributed by atoms with E-state index in [1.165, 1.54) is 6.26 Å². The Kier molecular flexibility index (Phi) is 5.82. The molecule has 19 heavy (non-hydrogen) atoms. The first-order valence-electron chi connectivity index (χ1n) is 6.34. The number of nitrogens with one attached hydrogen (secondary N) is 1. The second-order valence-corrected chi connectivity index (χ2v) is 5.02. The van der Waals surface area contributed by atoms with Gasteiger partial charge in [-0.25, -0.2) is 4.79 Å². The number of carbonyl (C=O) groups excluding carboxylic acids is 1. The van der Waals surface area contributed by atoms with E-state index in [9.17, 15) is 4.79 Å². The number of hydrogen-bond donors (Lipinski definition) is 1. The summed E-state index contributed by atoms with van der Waals surface area (Å²) in [5.41, 5.74) is 0.230. The molecule has 1 rings (SSSR count). The van der Waals surface area contributed by atoms with E-state index >= 15 is 0 Å². The molecular formula is C13H22N2O4. The Hall–Kier alpha value is -1.56. The molecule has 1 N–H and O–H groups in total. The third kappa shape index (κ3) is 5.30. The van der Waals surface area contributed by atoms with Crippen LogP contribution in [-0.4, -0.2) is 37.8 Å². The van der Waals surface area contributed by atoms with Crippen LogP contribution < -0.4 is 5.32 Å². The third-order valence-electron chi connectivity index (χ3n) is 2.69. The van der Waals surface area contributed by atoms with Crippen LogP contribution in [0.2, 0.25) is 0 Å². The van der Waals surface area contributed by atoms with Gasteiger partial charge in [-0.05, 0) is 18.8 Å². The van der Waals surface area contributed by atoms with Gasteiger partial charge in [0.15, 0.2) is 5.69 Å². The van der Waals surface area contributed by atoms with E-state index in [0.29, 0.717) is 25.8 Å². The number of esters is 1. The fourth-order valence-electron chi connectivity index (χ4n) is 1.44. The highest BCUT2D eigenvalue weighted by molar-refractivity contribution is 5.87. The minimum Gasteiger partial charge on any atom is -0.461 e. The molecular weight excluding hydrogens is 248 g/mol. The standard InChI is InChI=1S/C13H22N2O4/c1-5-18-11(16)10-8-19-12(15-10)14-9-13(2,3)6-7-17-4/h8H,5-7,9H2,1-4H3,(H,14,15). The number of methoxy groups -OCH3 is 1. The zero-order valence-corrected chi connectivity index (χ0v) is 12.0. The predicted octanol–water partition coefficient (Wildman–Crippen LogP) is 2.33. The third-order valence-corrected chi connectivity index (χ3v) is 2.69. The van der Waals surface area contributed by atoms with Gasteiger partial charge in [0.25, 0.3) is 6.01 Å². The molecule has 0 bridgehead atoms. The van der Waals surface area contributed by atoms with E-state index in [-0.39, 0.29) is 11.1 Å². The number of rotatable bonds is 8. The van der Waals surface area contributed by atoms with Crippen molar-refractivity contribution < 1.29 is 18.7 Å². The highest BCUT2D eigenvalue weighted by atomic mass is 16.5. The molecule has 1 heterocycles. The van der Waals surface area contributed by atoms with E-state index in [2.05, 4.69) is 24.1 Å². The van der Waals surface area contributed by atoms with E-state index < -0.39 is 5.97 Å². The Morgan fingerprint density at radius 2 is 2.26 bits per heavy atom. The average Bonchev–Trinajstić information content (AvgIpc) is 2.83. The summed E-state index contributed by atoms with van der Waals surface area (Å²) in [5, 5.41) is 3.07. The van der Waals surface area contributed by atoms with E-state index in [0.717, 1.165) is 6.42 Å². The molecule has 0 atom stereocenters. The summed E-state index contributed by atoms with van der Waals surface area (Å²) in [6.45, 7) is 7.68. The molecule has 6 heteroatoms. The van der Waals surface area contributed by atoms with Crippen LogP contribution in [0.5, 0.6) is 0 Å². The average molecular weight is 270 g/mol. The first-order chi connectivity index (χ1) is 8.98. The molecule has 0 fully saturated rings. The van der Waals surface area contributed by atoms with Crippen molar-refractivity contribution in [3.8, 4) is 0 Å². The van der Waals surface area contributed by atoms with Gasteiger partial charge in [0, 0.05) is 20.3 Å². The fourth-order valence-corrected chi connectivity index (χ4v) is 1.44. The highest BCUT2D eigenvalue weighted by Crippen LogP contribution is 2.21. The van der Waals surface area contributed by atoms with Crippen molar-refractivity contribution in [3.63, 3.8) is 0 Å². The van der Waals surface area contributed by atoms with Crippen LogP contribution in [0.15, 0.2) is 10.7 Å². The second kappa shape index (κ2) is 7.13. The van der Waals surface area contributed by atoms with Crippen LogP contribution in [-0.2, 0) is 9.47 Å². The number of anilines is 1. The Morgan fingerprint density at radius 3 is 2.89 bits per heavy atom. The minimum absolute atomic E-state index is 0.0502. The van der Waals surface area contributed by atoms with Crippen molar-refractivity contribution in [1.82, 2.24) is 4.98 Å². The fraction of sp³-hybridized carbons (Fsp3) is 0.692. The monoisotopic (exact) mass is 270 g/mol. The zero-order chi connectivity index (χ0) is 14.3. The van der Waals surface area contributed by atoms with Gasteiger partial charge in [0.05, 0.1) is 6.61 Å². The molecule has 6 nitrogen and oxygen atoms in total. The van der Waals surface area contributed by atoms with E-state index in [4.69, 9.17) is 13.9 Å². The Labute approximate surface area is 113 Å². The van der Waals surface area contributed by atoms with Gasteiger partial charge in [-0.2, -0.15) is 4.98 Å². The van der Waals surface area contributed by atoms with Crippen LogP contribution in [0.3, 0.4) is 0 Å². The van der Waals surface area contributed by atoms with Crippen LogP contribution >= 0.6 is 0 Å². The Balaban J connectivity index is 2.48. The lowest BCUT2D eigenvalue weighted by Crippen LogP contribution is -2.24. The van der Waals surface area contributed by atoms with Crippen LogP contribution in [0.4, 0.5) is 6.01 Å². The maximum atomic E-state index is 11.4. The largest absolute Gasteiger partial charge is 0.461 e. The molecule has 0 unspecified atom stereocenters. The molecule has 1 aromatic rings. The van der Waals surface area contributed by atoms with Gasteiger partial charge in [-0.3, -0.25) is 0 Å². The molecule has 0 amide bonds. The summed E-state index contributed by atoms with van der Waals surface area (Å²) in [7, 11) is 1.68. The van der Waals surface area contributed by atoms with Crippen molar-refractivity contribution in [3.05, 3.63) is 12.0 Å². The van der Waals surface area contributed by atoms with Gasteiger partial charge in [0.2, 0.25) is 0 Å². The number of aromatic nitrogens is 1. The maximum absolute atomic E-state index is 11.4. The summed E-state index contributed by atoms with van der Waals surface area (Å²) in [6.07, 6.45) is 2.21. The predicted molar refractivity (Wildman–Crippen MR) is 71.2 cm³/mol. The Bertz CT molecular complexity index is 401. The summed E-state index contributed by atoms with van der Waals surface area (Å²) in [4.78, 5) is 15.4. The molecule has 0 spiro atoms. The van der Waals surface area contributed by atoms with Gasteiger partial charge in [-0.1, -0.05) is 13.8 Å². The number of oxazole rings is 1. The Morgan fingerprint density at radius 1 is 1.53 bits per heavy atom. The maximum Gasteiger partial charge on any atom is 0.360 e. The number of nitrogens with zero attached hydrogens (tertiary/aromatic N) is 1. The normalized spacial score (nSPS) is 11.4. The summed E-state index contributed by atoms with van der Waals surface area (Å²) in [6, 6.07) is 0.327. The molecule has 0 saturated heterocycles. The van der Waals surface area contributed by atoms with Crippen molar-refractivity contribution >= 4 is 12.0 Å². The summed E-state index contributed by atoms with van der Waals surface area (Å²) in [5.74, 6) is -0.474. The van der Waals surface area contributed by atoms with Crippen molar-refractivity contribution in [1.29, 1.82) is 0 Å². The summed E-state index contributed by atoms with van der Waals surface area (Å²) < 4.78 is 15.1. The quantitative estimate of drug-likeness (QED) is 0.731. The van der Waals surface area contributed by atoms with Gasteiger partial charge in [0.1, 0.15) is 6.26 Å². The number of hydrogen-bond acceptors (Lipinski definition) is 6. The van der Waals surface area contributed by atoms with Crippen molar-refractivity contribution in [2.24, 2.45) is 5.41 Å². The first kappa shape index (κ1) is 15.5. The molecule has 0 aliphatic rings. The van der Waals surface area contributed by atoms with Gasteiger partial charge >= 0.3 is 5.97 Å². The van der Waals surface area contributed by atoms with Crippen molar-refractivity contribution in [2.75, 3.05) is 32.2 Å². The lowest BCUT2D eigenvalue weighted by Gasteiger charge is -2.23. The molecule has 0 radical (unpaired) electrons. The van der Waals surface area contributed by atoms with Crippen LogP contribution in [0.1, 0.15) is 37.7 Å². The summed E-state index contributed by atoms with van der Waals surface area (Å²) >= 11 is 0. The van der Waals surface area contributed by atoms with E-state index in [1.807, 2.05) is 0 Å². The second-order valence-electron chi connectivity index (χ2n) is 5.02. The minimum atomic E-state index is -0.474. The van der Waals surface area contributed by atoms with E-state index in [1.54, 1.807) is 14.0 Å².